The summed E-state index contributed by atoms with van der Waals surface area (Å²) in [7, 11) is 0. The van der Waals surface area contributed by atoms with Crippen LogP contribution >= 0.6 is 0 Å². The van der Waals surface area contributed by atoms with Crippen molar-refractivity contribution in [3.63, 3.8) is 0 Å². The largest absolute Gasteiger partial charge is 0.454 e. The molecule has 0 bridgehead atoms. The van der Waals surface area contributed by atoms with Crippen molar-refractivity contribution in [3.8, 4) is 33.8 Å². The Morgan fingerprint density at radius 2 is 1.04 bits per heavy atom. The average molecular weight is 1000 g/mol. The predicted octanol–water partition coefficient (Wildman–Crippen LogP) is 20.2. The zero-order valence-electron chi connectivity index (χ0n) is 42.6. The number of allylic oxidation sites excluding steroid dienone is 4. The molecule has 0 amide bonds. The SMILES string of the molecule is C1=CC2=C(CC1)c1ccccc1C21c2cc(-c3cc(N(c4ccccc4)c4ccccc4)cc(N(c4ccc(-c5ccccc5)cc4)c4cccc5c4oc4ccccc45)c3)ccc2N2c3ccccc3Oc3cccc1c32. The summed E-state index contributed by atoms with van der Waals surface area (Å²) in [5, 5.41) is 2.15. The number of hydrogen-bond donors (Lipinski definition) is 0. The van der Waals surface area contributed by atoms with Crippen molar-refractivity contribution in [1.82, 2.24) is 0 Å². The minimum absolute atomic E-state index is 0.629. The lowest BCUT2D eigenvalue weighted by Crippen LogP contribution is -2.38. The lowest BCUT2D eigenvalue weighted by Gasteiger charge is -2.47. The first-order valence-corrected chi connectivity index (χ1v) is 27.0. The third-order valence-electron chi connectivity index (χ3n) is 16.5. The van der Waals surface area contributed by atoms with Gasteiger partial charge in [0.1, 0.15) is 5.58 Å². The Labute approximate surface area is 453 Å². The van der Waals surface area contributed by atoms with Crippen molar-refractivity contribution in [3.05, 3.63) is 301 Å². The summed E-state index contributed by atoms with van der Waals surface area (Å²) in [5.74, 6) is 1.70. The smallest absolute Gasteiger partial charge is 0.159 e. The van der Waals surface area contributed by atoms with E-state index in [4.69, 9.17) is 9.15 Å². The molecule has 2 aliphatic heterocycles. The van der Waals surface area contributed by atoms with E-state index >= 15 is 0 Å². The van der Waals surface area contributed by atoms with Crippen LogP contribution in [0, 0.1) is 0 Å². The number of ether oxygens (including phenoxy) is 1. The molecule has 11 aromatic carbocycles. The number of nitrogens with zero attached hydrogens (tertiary/aromatic N) is 3. The zero-order valence-corrected chi connectivity index (χ0v) is 42.6. The van der Waals surface area contributed by atoms with Crippen LogP contribution in [0.1, 0.15) is 35.1 Å². The van der Waals surface area contributed by atoms with E-state index in [0.717, 1.165) is 114 Å². The Balaban J connectivity index is 0.988. The van der Waals surface area contributed by atoms with E-state index in [1.165, 1.54) is 39.0 Å². The fraction of sp³-hybridized carbons (Fsp3) is 0.0411. The van der Waals surface area contributed by atoms with Gasteiger partial charge >= 0.3 is 0 Å². The van der Waals surface area contributed by atoms with Crippen LogP contribution in [-0.4, -0.2) is 0 Å². The molecule has 0 N–H and O–H groups in total. The Kier molecular flexibility index (Phi) is 9.91. The van der Waals surface area contributed by atoms with Crippen molar-refractivity contribution in [1.29, 1.82) is 0 Å². The second-order valence-corrected chi connectivity index (χ2v) is 20.7. The number of hydrogen-bond acceptors (Lipinski definition) is 5. The molecule has 0 radical (unpaired) electrons. The van der Waals surface area contributed by atoms with Crippen LogP contribution in [0.25, 0.3) is 49.8 Å². The molecule has 368 valence electrons. The highest BCUT2D eigenvalue weighted by atomic mass is 16.5. The topological polar surface area (TPSA) is 32.1 Å². The molecule has 1 aromatic heterocycles. The van der Waals surface area contributed by atoms with Crippen molar-refractivity contribution >= 4 is 78.7 Å². The Hall–Kier alpha value is -10.1. The minimum atomic E-state index is -0.629. The van der Waals surface area contributed by atoms with Crippen molar-refractivity contribution in [2.24, 2.45) is 0 Å². The predicted molar refractivity (Wildman–Crippen MR) is 320 cm³/mol. The van der Waals surface area contributed by atoms with Crippen LogP contribution < -0.4 is 19.4 Å². The molecule has 16 rings (SSSR count). The van der Waals surface area contributed by atoms with E-state index in [0.29, 0.717) is 0 Å². The molecule has 5 heteroatoms. The molecule has 0 fully saturated rings. The number of anilines is 9. The molecule has 1 atom stereocenters. The van der Waals surface area contributed by atoms with Gasteiger partial charge in [-0.05, 0) is 166 Å². The van der Waals surface area contributed by atoms with E-state index in [2.05, 4.69) is 282 Å². The summed E-state index contributed by atoms with van der Waals surface area (Å²) in [6, 6.07) is 94.5. The van der Waals surface area contributed by atoms with Crippen LogP contribution in [0.3, 0.4) is 0 Å². The monoisotopic (exact) mass is 999 g/mol. The maximum atomic E-state index is 6.93. The molecule has 2 aliphatic carbocycles. The molecule has 78 heavy (non-hydrogen) atoms. The fourth-order valence-electron chi connectivity index (χ4n) is 13.2. The average Bonchev–Trinajstić information content (AvgIpc) is 4.21. The summed E-state index contributed by atoms with van der Waals surface area (Å²) in [6.07, 6.45) is 6.80. The highest BCUT2D eigenvalue weighted by Gasteiger charge is 2.54. The summed E-state index contributed by atoms with van der Waals surface area (Å²) < 4.78 is 13.8. The molecule has 12 aromatic rings. The fourth-order valence-corrected chi connectivity index (χ4v) is 13.2. The van der Waals surface area contributed by atoms with Crippen molar-refractivity contribution in [2.45, 2.75) is 18.3 Å². The van der Waals surface area contributed by atoms with Crippen LogP contribution in [0.15, 0.2) is 283 Å². The molecular weight excluding hydrogens is 951 g/mol. The van der Waals surface area contributed by atoms with Crippen LogP contribution in [-0.2, 0) is 5.41 Å². The number of furan rings is 1. The minimum Gasteiger partial charge on any atom is -0.454 e. The third-order valence-corrected chi connectivity index (χ3v) is 16.5. The van der Waals surface area contributed by atoms with Crippen LogP contribution in [0.4, 0.5) is 51.2 Å². The van der Waals surface area contributed by atoms with Gasteiger partial charge < -0.3 is 23.9 Å². The maximum Gasteiger partial charge on any atom is 0.159 e. The molecule has 0 saturated heterocycles. The lowest BCUT2D eigenvalue weighted by atomic mass is 9.63. The molecule has 0 saturated carbocycles. The maximum absolute atomic E-state index is 6.93. The van der Waals surface area contributed by atoms with Gasteiger partial charge in [0.25, 0.3) is 0 Å². The van der Waals surface area contributed by atoms with Gasteiger partial charge in [0.05, 0.1) is 28.2 Å². The Morgan fingerprint density at radius 1 is 0.410 bits per heavy atom. The molecule has 1 spiro atoms. The normalized spacial score (nSPS) is 15.4. The van der Waals surface area contributed by atoms with E-state index in [9.17, 15) is 0 Å². The summed E-state index contributed by atoms with van der Waals surface area (Å²) in [5.41, 5.74) is 22.7. The van der Waals surface area contributed by atoms with Crippen LogP contribution in [0.2, 0.25) is 0 Å². The molecule has 4 aliphatic rings. The second-order valence-electron chi connectivity index (χ2n) is 20.7. The first kappa shape index (κ1) is 44.2. The lowest BCUT2D eigenvalue weighted by molar-refractivity contribution is 0.473. The van der Waals surface area contributed by atoms with E-state index in [-0.39, 0.29) is 0 Å². The Bertz CT molecular complexity index is 4390. The van der Waals surface area contributed by atoms with Crippen molar-refractivity contribution < 1.29 is 9.15 Å². The number of para-hydroxylation sites is 7. The standard InChI is InChI=1S/C73H49N3O2/c1-4-20-48(21-5-1)49-38-41-54(42-39-49)75(67-34-18-29-60-59-28-12-16-35-68(59)78-72(60)67)56-45-51(44-55(47-56)74(52-22-6-2-7-23-52)53-24-8-3-9-25-53)50-40-43-65-64(46-50)73(61-30-13-10-26-57(61)58-27-11-14-31-62(58)73)63-32-19-37-70-71(63)76(65)66-33-15-17-36-69(66)77-70/h1-10,12-26,28-47H,11,27H2. The summed E-state index contributed by atoms with van der Waals surface area (Å²) >= 11 is 0. The highest BCUT2D eigenvalue weighted by Crippen LogP contribution is 2.67. The van der Waals surface area contributed by atoms with Gasteiger partial charge in [0, 0.05) is 39.2 Å². The number of benzene rings is 11. The highest BCUT2D eigenvalue weighted by molar-refractivity contribution is 6.11. The molecule has 5 nitrogen and oxygen atoms in total. The number of rotatable bonds is 8. The number of fused-ring (bicyclic) bond motifs is 13. The first-order chi connectivity index (χ1) is 38.7. The summed E-state index contributed by atoms with van der Waals surface area (Å²) in [4.78, 5) is 7.23. The van der Waals surface area contributed by atoms with Crippen molar-refractivity contribution in [2.75, 3.05) is 14.7 Å². The molecule has 1 unspecified atom stereocenters. The van der Waals surface area contributed by atoms with Gasteiger partial charge in [-0.15, -0.1) is 0 Å². The summed E-state index contributed by atoms with van der Waals surface area (Å²) in [6.45, 7) is 0. The zero-order chi connectivity index (χ0) is 51.3. The van der Waals surface area contributed by atoms with E-state index in [1.807, 2.05) is 6.07 Å². The molecular formula is C73H49N3O2. The van der Waals surface area contributed by atoms with Gasteiger partial charge in [0.15, 0.2) is 17.1 Å². The van der Waals surface area contributed by atoms with E-state index in [1.54, 1.807) is 0 Å². The quantitative estimate of drug-likeness (QED) is 0.151. The first-order valence-electron chi connectivity index (χ1n) is 27.0. The van der Waals surface area contributed by atoms with E-state index < -0.39 is 5.41 Å². The second kappa shape index (κ2) is 17.5. The van der Waals surface area contributed by atoms with Gasteiger partial charge in [-0.2, -0.15) is 0 Å². The molecule has 3 heterocycles. The third kappa shape index (κ3) is 6.61. The van der Waals surface area contributed by atoms with Gasteiger partial charge in [-0.3, -0.25) is 0 Å². The van der Waals surface area contributed by atoms with Gasteiger partial charge in [-0.25, -0.2) is 0 Å². The van der Waals surface area contributed by atoms with Gasteiger partial charge in [0.2, 0.25) is 0 Å². The Morgan fingerprint density at radius 3 is 1.86 bits per heavy atom. The van der Waals surface area contributed by atoms with Gasteiger partial charge in [-0.1, -0.05) is 176 Å². The van der Waals surface area contributed by atoms with Crippen LogP contribution in [0.5, 0.6) is 11.5 Å².